The molecule has 0 unspecified atom stereocenters. The molecule has 0 bridgehead atoms. The normalized spacial score (nSPS) is 14.9. The Bertz CT molecular complexity index is 714. The van der Waals surface area contributed by atoms with Crippen molar-refractivity contribution in [3.05, 3.63) is 54.0 Å². The van der Waals surface area contributed by atoms with E-state index >= 15 is 0 Å². The van der Waals surface area contributed by atoms with E-state index in [1.165, 1.54) is 11.9 Å². The van der Waals surface area contributed by atoms with Crippen LogP contribution >= 0.6 is 0 Å². The molecule has 6 nitrogen and oxygen atoms in total. The summed E-state index contributed by atoms with van der Waals surface area (Å²) in [7, 11) is 0. The van der Waals surface area contributed by atoms with Gasteiger partial charge >= 0.3 is 0 Å². The van der Waals surface area contributed by atoms with Crippen molar-refractivity contribution in [1.82, 2.24) is 20.2 Å². The van der Waals surface area contributed by atoms with Crippen molar-refractivity contribution in [3.8, 4) is 0 Å². The van der Waals surface area contributed by atoms with Crippen LogP contribution in [0.3, 0.4) is 0 Å². The molecule has 6 heteroatoms. The molecule has 2 heterocycles. The Balaban J connectivity index is 1.51. The fourth-order valence-corrected chi connectivity index (χ4v) is 3.29. The highest BCUT2D eigenvalue weighted by molar-refractivity contribution is 5.92. The summed E-state index contributed by atoms with van der Waals surface area (Å²) >= 11 is 0. The maximum Gasteiger partial charge on any atom is 0.270 e. The third-order valence-corrected chi connectivity index (χ3v) is 4.90. The Morgan fingerprint density at radius 2 is 1.85 bits per heavy atom. The number of benzene rings is 1. The molecule has 1 saturated heterocycles. The van der Waals surface area contributed by atoms with E-state index in [9.17, 15) is 4.79 Å². The van der Waals surface area contributed by atoms with Gasteiger partial charge in [-0.05, 0) is 12.0 Å². The Labute approximate surface area is 161 Å². The van der Waals surface area contributed by atoms with Crippen molar-refractivity contribution < 1.29 is 4.79 Å². The monoisotopic (exact) mass is 367 g/mol. The summed E-state index contributed by atoms with van der Waals surface area (Å²) in [6, 6.07) is 12.4. The molecule has 1 aromatic heterocycles. The molecule has 1 aliphatic heterocycles. The molecule has 27 heavy (non-hydrogen) atoms. The number of hydrogen-bond acceptors (Lipinski definition) is 5. The molecule has 3 rings (SSSR count). The van der Waals surface area contributed by atoms with Gasteiger partial charge in [0.15, 0.2) is 0 Å². The second-order valence-corrected chi connectivity index (χ2v) is 6.97. The predicted molar refractivity (Wildman–Crippen MR) is 108 cm³/mol. The number of aromatic nitrogens is 2. The highest BCUT2D eigenvalue weighted by Crippen LogP contribution is 2.15. The third-order valence-electron chi connectivity index (χ3n) is 4.90. The first kappa shape index (κ1) is 19.3. The molecule has 144 valence electrons. The molecule has 0 aliphatic carbocycles. The van der Waals surface area contributed by atoms with Gasteiger partial charge in [-0.1, -0.05) is 50.1 Å². The molecule has 1 aliphatic rings. The average Bonchev–Trinajstić information content (AvgIpc) is 2.72. The lowest BCUT2D eigenvalue weighted by atomic mass is 10.2. The zero-order chi connectivity index (χ0) is 18.9. The minimum absolute atomic E-state index is 0.113. The quantitative estimate of drug-likeness (QED) is 0.727. The second-order valence-electron chi connectivity index (χ2n) is 6.97. The van der Waals surface area contributed by atoms with Crippen LogP contribution in [0.5, 0.6) is 0 Å². The van der Waals surface area contributed by atoms with E-state index in [0.717, 1.165) is 57.8 Å². The summed E-state index contributed by atoms with van der Waals surface area (Å²) in [4.78, 5) is 25.5. The van der Waals surface area contributed by atoms with E-state index < -0.39 is 0 Å². The molecule has 0 atom stereocenters. The number of amides is 1. The van der Waals surface area contributed by atoms with Gasteiger partial charge < -0.3 is 10.2 Å². The summed E-state index contributed by atoms with van der Waals surface area (Å²) in [6.45, 7) is 7.60. The number of carbonyl (C=O) groups is 1. The van der Waals surface area contributed by atoms with Gasteiger partial charge in [-0.15, -0.1) is 0 Å². The minimum Gasteiger partial charge on any atom is -0.354 e. The van der Waals surface area contributed by atoms with Gasteiger partial charge in [0.25, 0.3) is 5.91 Å². The first-order valence-corrected chi connectivity index (χ1v) is 9.87. The zero-order valence-electron chi connectivity index (χ0n) is 16.1. The molecule has 1 fully saturated rings. The van der Waals surface area contributed by atoms with Gasteiger partial charge in [0.1, 0.15) is 17.8 Å². The van der Waals surface area contributed by atoms with Crippen LogP contribution in [-0.2, 0) is 6.54 Å². The van der Waals surface area contributed by atoms with Crippen molar-refractivity contribution in [2.45, 2.75) is 32.7 Å². The van der Waals surface area contributed by atoms with Gasteiger partial charge in [0.2, 0.25) is 0 Å². The average molecular weight is 367 g/mol. The van der Waals surface area contributed by atoms with Gasteiger partial charge in [-0.3, -0.25) is 9.69 Å². The lowest BCUT2D eigenvalue weighted by Gasteiger charge is -2.35. The number of carbonyl (C=O) groups excluding carboxylic acids is 1. The molecule has 0 saturated carbocycles. The number of piperazine rings is 1. The first-order valence-electron chi connectivity index (χ1n) is 9.87. The second kappa shape index (κ2) is 10.0. The summed E-state index contributed by atoms with van der Waals surface area (Å²) in [5.74, 6) is 0.723. The minimum atomic E-state index is -0.113. The highest BCUT2D eigenvalue weighted by Gasteiger charge is 2.19. The number of nitrogens with zero attached hydrogens (tertiary/aromatic N) is 4. The van der Waals surface area contributed by atoms with Crippen LogP contribution < -0.4 is 10.2 Å². The Morgan fingerprint density at radius 3 is 2.59 bits per heavy atom. The van der Waals surface area contributed by atoms with E-state index in [4.69, 9.17) is 0 Å². The first-order chi connectivity index (χ1) is 13.3. The van der Waals surface area contributed by atoms with Crippen molar-refractivity contribution in [1.29, 1.82) is 0 Å². The molecule has 0 spiro atoms. The summed E-state index contributed by atoms with van der Waals surface area (Å²) in [6.07, 6.45) is 4.77. The molecule has 2 aromatic rings. The van der Waals surface area contributed by atoms with Gasteiger partial charge in [0.05, 0.1) is 0 Å². The van der Waals surface area contributed by atoms with Crippen molar-refractivity contribution >= 4 is 11.7 Å². The van der Waals surface area contributed by atoms with E-state index in [1.807, 2.05) is 12.1 Å². The number of hydrogen-bond donors (Lipinski definition) is 1. The van der Waals surface area contributed by atoms with E-state index in [0.29, 0.717) is 12.2 Å². The molecule has 1 N–H and O–H groups in total. The van der Waals surface area contributed by atoms with Crippen molar-refractivity contribution in [3.63, 3.8) is 0 Å². The number of unbranched alkanes of at least 4 members (excludes halogenated alkanes) is 2. The fraction of sp³-hybridized carbons (Fsp3) is 0.476. The van der Waals surface area contributed by atoms with Gasteiger partial charge in [-0.25, -0.2) is 9.97 Å². The smallest absolute Gasteiger partial charge is 0.270 e. The number of rotatable bonds is 8. The molecule has 1 amide bonds. The highest BCUT2D eigenvalue weighted by atomic mass is 16.1. The van der Waals surface area contributed by atoms with E-state index in [1.54, 1.807) is 0 Å². The summed E-state index contributed by atoms with van der Waals surface area (Å²) < 4.78 is 0. The standard InChI is InChI=1S/C21H29N5O/c1-2-3-7-10-22-21(27)19-15-20(24-17-23-19)26-13-11-25(12-14-26)16-18-8-5-4-6-9-18/h4-6,8-9,15,17H,2-3,7,10-14,16H2,1H3,(H,22,27). The fourth-order valence-electron chi connectivity index (χ4n) is 3.29. The molecular weight excluding hydrogens is 338 g/mol. The number of anilines is 1. The van der Waals surface area contributed by atoms with Gasteiger partial charge in [0, 0.05) is 45.3 Å². The van der Waals surface area contributed by atoms with Crippen molar-refractivity contribution in [2.75, 3.05) is 37.6 Å². The Morgan fingerprint density at radius 1 is 1.07 bits per heavy atom. The molecule has 0 radical (unpaired) electrons. The Hall–Kier alpha value is -2.47. The SMILES string of the molecule is CCCCCNC(=O)c1cc(N2CCN(Cc3ccccc3)CC2)ncn1. The zero-order valence-corrected chi connectivity index (χ0v) is 16.1. The van der Waals surface area contributed by atoms with Crippen LogP contribution in [0.15, 0.2) is 42.7 Å². The van der Waals surface area contributed by atoms with Crippen LogP contribution in [0, 0.1) is 0 Å². The third kappa shape index (κ3) is 5.76. The van der Waals surface area contributed by atoms with Gasteiger partial charge in [-0.2, -0.15) is 0 Å². The van der Waals surface area contributed by atoms with Crippen molar-refractivity contribution in [2.24, 2.45) is 0 Å². The van der Waals surface area contributed by atoms with E-state index in [2.05, 4.69) is 56.3 Å². The lowest BCUT2D eigenvalue weighted by Crippen LogP contribution is -2.46. The predicted octanol–water partition coefficient (Wildman–Crippen LogP) is 2.72. The molecular formula is C21H29N5O. The lowest BCUT2D eigenvalue weighted by molar-refractivity contribution is 0.0948. The maximum absolute atomic E-state index is 12.3. The maximum atomic E-state index is 12.3. The van der Waals surface area contributed by atoms with Crippen LogP contribution in [-0.4, -0.2) is 53.5 Å². The van der Waals surface area contributed by atoms with Crippen LogP contribution in [0.2, 0.25) is 0 Å². The molecule has 1 aromatic carbocycles. The van der Waals surface area contributed by atoms with Crippen LogP contribution in [0.4, 0.5) is 5.82 Å². The summed E-state index contributed by atoms with van der Waals surface area (Å²) in [5, 5.41) is 2.94. The van der Waals surface area contributed by atoms with Crippen LogP contribution in [0.25, 0.3) is 0 Å². The number of nitrogens with one attached hydrogen (secondary N) is 1. The largest absolute Gasteiger partial charge is 0.354 e. The van der Waals surface area contributed by atoms with Crippen LogP contribution in [0.1, 0.15) is 42.2 Å². The Kier molecular flexibility index (Phi) is 7.16. The van der Waals surface area contributed by atoms with E-state index in [-0.39, 0.29) is 5.91 Å². The topological polar surface area (TPSA) is 61.4 Å². The summed E-state index contributed by atoms with van der Waals surface area (Å²) in [5.41, 5.74) is 1.79.